The minimum Gasteiger partial charge on any atom is -0.339 e. The molecule has 1 aromatic rings. The molecule has 2 atom stereocenters. The Morgan fingerprint density at radius 1 is 1.42 bits per heavy atom. The average molecular weight is 351 g/mol. The number of amides is 1. The van der Waals surface area contributed by atoms with Gasteiger partial charge in [-0.3, -0.25) is 9.69 Å². The molecule has 2 aliphatic heterocycles. The van der Waals surface area contributed by atoms with Crippen molar-refractivity contribution in [2.24, 2.45) is 11.7 Å². The van der Waals surface area contributed by atoms with E-state index < -0.39 is 0 Å². The van der Waals surface area contributed by atoms with Crippen molar-refractivity contribution in [3.63, 3.8) is 0 Å². The van der Waals surface area contributed by atoms with Crippen LogP contribution >= 0.6 is 11.3 Å². The van der Waals surface area contributed by atoms with Gasteiger partial charge < -0.3 is 10.6 Å². The maximum Gasteiger partial charge on any atom is 0.222 e. The highest BCUT2D eigenvalue weighted by Crippen LogP contribution is 2.32. The van der Waals surface area contributed by atoms with Crippen molar-refractivity contribution in [1.29, 1.82) is 0 Å². The fourth-order valence-corrected chi connectivity index (χ4v) is 4.97. The first kappa shape index (κ1) is 17.8. The van der Waals surface area contributed by atoms with Gasteiger partial charge in [0.25, 0.3) is 0 Å². The fourth-order valence-electron chi connectivity index (χ4n) is 3.98. The van der Waals surface area contributed by atoms with E-state index >= 15 is 0 Å². The van der Waals surface area contributed by atoms with Crippen LogP contribution in [0, 0.1) is 5.92 Å². The van der Waals surface area contributed by atoms with Crippen molar-refractivity contribution in [3.8, 4) is 0 Å². The number of aromatic nitrogens is 1. The molecule has 0 aliphatic carbocycles. The van der Waals surface area contributed by atoms with Crippen molar-refractivity contribution < 1.29 is 4.79 Å². The van der Waals surface area contributed by atoms with Gasteiger partial charge in [-0.25, -0.2) is 4.98 Å². The Morgan fingerprint density at radius 3 is 2.96 bits per heavy atom. The van der Waals surface area contributed by atoms with Crippen LogP contribution in [0.3, 0.4) is 0 Å². The molecule has 0 saturated carbocycles. The van der Waals surface area contributed by atoms with E-state index in [0.29, 0.717) is 36.8 Å². The molecule has 2 saturated heterocycles. The summed E-state index contributed by atoms with van der Waals surface area (Å²) in [6.07, 6.45) is 3.74. The molecule has 2 N–H and O–H groups in total. The summed E-state index contributed by atoms with van der Waals surface area (Å²) in [6.45, 7) is 8.99. The van der Waals surface area contributed by atoms with Gasteiger partial charge in [-0.15, -0.1) is 11.3 Å². The zero-order valence-electron chi connectivity index (χ0n) is 14.9. The summed E-state index contributed by atoms with van der Waals surface area (Å²) in [5.74, 6) is 1.44. The topological polar surface area (TPSA) is 62.5 Å². The number of rotatable bonds is 6. The first-order valence-electron chi connectivity index (χ1n) is 9.24. The van der Waals surface area contributed by atoms with Crippen LogP contribution in [0.25, 0.3) is 0 Å². The maximum absolute atomic E-state index is 12.3. The molecule has 2 aliphatic rings. The number of nitrogens with zero attached hydrogens (tertiary/aromatic N) is 3. The smallest absolute Gasteiger partial charge is 0.222 e. The minimum atomic E-state index is 0.333. The van der Waals surface area contributed by atoms with Gasteiger partial charge in [-0.1, -0.05) is 13.8 Å². The quantitative estimate of drug-likeness (QED) is 0.856. The van der Waals surface area contributed by atoms with E-state index in [4.69, 9.17) is 10.7 Å². The van der Waals surface area contributed by atoms with Gasteiger partial charge in [0.05, 0.1) is 12.2 Å². The van der Waals surface area contributed by atoms with Crippen molar-refractivity contribution in [2.45, 2.75) is 58.0 Å². The summed E-state index contributed by atoms with van der Waals surface area (Å²) in [6, 6.07) is 0.427. The van der Waals surface area contributed by atoms with E-state index in [-0.39, 0.29) is 0 Å². The molecule has 134 valence electrons. The van der Waals surface area contributed by atoms with Crippen molar-refractivity contribution in [3.05, 3.63) is 16.1 Å². The van der Waals surface area contributed by atoms with Crippen LogP contribution in [0.15, 0.2) is 5.38 Å². The summed E-state index contributed by atoms with van der Waals surface area (Å²) in [4.78, 5) is 21.7. The third kappa shape index (κ3) is 3.98. The maximum atomic E-state index is 12.3. The zero-order valence-corrected chi connectivity index (χ0v) is 15.7. The number of nitrogens with two attached hydrogens (primary N) is 1. The lowest BCUT2D eigenvalue weighted by atomic mass is 9.83. The molecule has 2 fully saturated rings. The van der Waals surface area contributed by atoms with Gasteiger partial charge in [0.2, 0.25) is 5.91 Å². The van der Waals surface area contributed by atoms with E-state index in [1.165, 1.54) is 10.7 Å². The van der Waals surface area contributed by atoms with Gasteiger partial charge >= 0.3 is 0 Å². The second-order valence-electron chi connectivity index (χ2n) is 7.44. The van der Waals surface area contributed by atoms with Gasteiger partial charge in [0.1, 0.15) is 5.01 Å². The largest absolute Gasteiger partial charge is 0.339 e. The van der Waals surface area contributed by atoms with Crippen LogP contribution in [0.2, 0.25) is 0 Å². The van der Waals surface area contributed by atoms with E-state index in [1.807, 2.05) is 0 Å². The Bertz CT molecular complexity index is 559. The van der Waals surface area contributed by atoms with Gasteiger partial charge in [0, 0.05) is 37.5 Å². The van der Waals surface area contributed by atoms with E-state index in [0.717, 1.165) is 45.4 Å². The highest BCUT2D eigenvalue weighted by atomic mass is 32.1. The summed E-state index contributed by atoms with van der Waals surface area (Å²) in [7, 11) is 0. The average Bonchev–Trinajstić information content (AvgIpc) is 3.03. The van der Waals surface area contributed by atoms with Crippen LogP contribution in [-0.2, 0) is 11.3 Å². The molecule has 1 aromatic heterocycles. The Labute approximate surface area is 149 Å². The molecule has 0 aromatic carbocycles. The van der Waals surface area contributed by atoms with E-state index in [2.05, 4.69) is 29.0 Å². The molecule has 6 heteroatoms. The monoisotopic (exact) mass is 350 g/mol. The van der Waals surface area contributed by atoms with Crippen molar-refractivity contribution in [2.75, 3.05) is 26.2 Å². The van der Waals surface area contributed by atoms with Crippen molar-refractivity contribution >= 4 is 17.2 Å². The lowest BCUT2D eigenvalue weighted by Crippen LogP contribution is -2.56. The van der Waals surface area contributed by atoms with Crippen LogP contribution in [-0.4, -0.2) is 52.9 Å². The molecule has 0 radical (unpaired) electrons. The molecule has 0 spiro atoms. The number of hydrogen-bond acceptors (Lipinski definition) is 5. The standard InChI is InChI=1S/C18H30N4OS/c1-13(2)15-12-24-17(20-15)11-21-9-6-16-14(10-21)4-5-18(23)22(16)8-3-7-19/h12-14,16H,3-11,19H2,1-2H3/t14-,16+/m0/s1. The minimum absolute atomic E-state index is 0.333. The number of thiazole rings is 1. The third-order valence-corrected chi connectivity index (χ3v) is 6.20. The molecule has 3 rings (SSSR count). The zero-order chi connectivity index (χ0) is 17.1. The second kappa shape index (κ2) is 7.93. The number of carbonyl (C=O) groups excluding carboxylic acids is 1. The highest BCUT2D eigenvalue weighted by Gasteiger charge is 2.38. The first-order valence-corrected chi connectivity index (χ1v) is 10.1. The summed E-state index contributed by atoms with van der Waals surface area (Å²) < 4.78 is 0. The fraction of sp³-hybridized carbons (Fsp3) is 0.778. The summed E-state index contributed by atoms with van der Waals surface area (Å²) in [5.41, 5.74) is 6.85. The first-order chi connectivity index (χ1) is 11.6. The molecule has 5 nitrogen and oxygen atoms in total. The molecule has 1 amide bonds. The molecule has 0 bridgehead atoms. The molecule has 3 heterocycles. The van der Waals surface area contributed by atoms with Crippen LogP contribution in [0.4, 0.5) is 0 Å². The predicted molar refractivity (Wildman–Crippen MR) is 98.0 cm³/mol. The SMILES string of the molecule is CC(C)c1csc(CN2CC[C@@H]3[C@@H](CCC(=O)N3CCCN)C2)n1. The molecule has 24 heavy (non-hydrogen) atoms. The highest BCUT2D eigenvalue weighted by molar-refractivity contribution is 7.09. The van der Waals surface area contributed by atoms with Crippen LogP contribution in [0.5, 0.6) is 0 Å². The van der Waals surface area contributed by atoms with Crippen LogP contribution in [0.1, 0.15) is 56.2 Å². The number of hydrogen-bond donors (Lipinski definition) is 1. The lowest BCUT2D eigenvalue weighted by Gasteiger charge is -2.47. The Balaban J connectivity index is 1.58. The Kier molecular flexibility index (Phi) is 5.89. The number of carbonyl (C=O) groups is 1. The number of likely N-dealkylation sites (tertiary alicyclic amines) is 2. The second-order valence-corrected chi connectivity index (χ2v) is 8.38. The Morgan fingerprint density at radius 2 is 2.25 bits per heavy atom. The summed E-state index contributed by atoms with van der Waals surface area (Å²) >= 11 is 1.78. The van der Waals surface area contributed by atoms with E-state index in [9.17, 15) is 4.79 Å². The third-order valence-electron chi connectivity index (χ3n) is 5.35. The number of fused-ring (bicyclic) bond motifs is 1. The molecular formula is C18H30N4OS. The normalized spacial score (nSPS) is 25.3. The Hall–Kier alpha value is -0.980. The van der Waals surface area contributed by atoms with Gasteiger partial charge in [0.15, 0.2) is 0 Å². The lowest BCUT2D eigenvalue weighted by molar-refractivity contribution is -0.141. The predicted octanol–water partition coefficient (Wildman–Crippen LogP) is 2.43. The summed E-state index contributed by atoms with van der Waals surface area (Å²) in [5, 5.41) is 3.42. The van der Waals surface area contributed by atoms with Crippen LogP contribution < -0.4 is 5.73 Å². The number of piperidine rings is 2. The molecule has 0 unspecified atom stereocenters. The van der Waals surface area contributed by atoms with Gasteiger partial charge in [-0.2, -0.15) is 0 Å². The van der Waals surface area contributed by atoms with Gasteiger partial charge in [-0.05, 0) is 37.6 Å². The van der Waals surface area contributed by atoms with Crippen molar-refractivity contribution in [1.82, 2.24) is 14.8 Å². The molecular weight excluding hydrogens is 320 g/mol. The van der Waals surface area contributed by atoms with E-state index in [1.54, 1.807) is 11.3 Å².